The SMILES string of the molecule is Cc1cc2ccccc2nc1NCC1CCC(Cl)C1. The molecule has 0 aliphatic heterocycles. The number of halogens is 1. The van der Waals surface area contributed by atoms with Crippen molar-refractivity contribution in [3.05, 3.63) is 35.9 Å². The molecule has 2 nitrogen and oxygen atoms in total. The summed E-state index contributed by atoms with van der Waals surface area (Å²) in [6.07, 6.45) is 3.51. The van der Waals surface area contributed by atoms with E-state index in [4.69, 9.17) is 16.6 Å². The molecular weight excluding hydrogens is 256 g/mol. The molecule has 3 heteroatoms. The Kier molecular flexibility index (Phi) is 3.61. The number of fused-ring (bicyclic) bond motifs is 1. The first kappa shape index (κ1) is 12.7. The number of para-hydroxylation sites is 1. The number of aryl methyl sites for hydroxylation is 1. The first-order valence-electron chi connectivity index (χ1n) is 6.96. The first-order chi connectivity index (χ1) is 9.22. The lowest BCUT2D eigenvalue weighted by Crippen LogP contribution is -2.13. The van der Waals surface area contributed by atoms with Crippen molar-refractivity contribution in [3.8, 4) is 0 Å². The lowest BCUT2D eigenvalue weighted by atomic mass is 10.1. The number of rotatable bonds is 3. The minimum absolute atomic E-state index is 0.373. The van der Waals surface area contributed by atoms with Gasteiger partial charge in [-0.05, 0) is 49.8 Å². The van der Waals surface area contributed by atoms with Crippen LogP contribution in [0, 0.1) is 12.8 Å². The van der Waals surface area contributed by atoms with Crippen molar-refractivity contribution in [1.29, 1.82) is 0 Å². The summed E-state index contributed by atoms with van der Waals surface area (Å²) < 4.78 is 0. The molecule has 1 N–H and O–H groups in total. The molecule has 0 saturated heterocycles. The van der Waals surface area contributed by atoms with Crippen LogP contribution in [0.15, 0.2) is 30.3 Å². The third-order valence-corrected chi connectivity index (χ3v) is 4.35. The summed E-state index contributed by atoms with van der Waals surface area (Å²) in [4.78, 5) is 4.71. The predicted molar refractivity (Wildman–Crippen MR) is 82.0 cm³/mol. The van der Waals surface area contributed by atoms with Crippen LogP contribution in [0.1, 0.15) is 24.8 Å². The van der Waals surface area contributed by atoms with E-state index < -0.39 is 0 Å². The molecule has 0 radical (unpaired) electrons. The van der Waals surface area contributed by atoms with Gasteiger partial charge in [0.25, 0.3) is 0 Å². The number of nitrogens with one attached hydrogen (secondary N) is 1. The van der Waals surface area contributed by atoms with E-state index in [0.29, 0.717) is 11.3 Å². The minimum Gasteiger partial charge on any atom is -0.370 e. The summed E-state index contributed by atoms with van der Waals surface area (Å²) in [6, 6.07) is 10.4. The zero-order chi connectivity index (χ0) is 13.2. The number of pyridine rings is 1. The highest BCUT2D eigenvalue weighted by Crippen LogP contribution is 2.30. The van der Waals surface area contributed by atoms with Crippen LogP contribution in [-0.4, -0.2) is 16.9 Å². The highest BCUT2D eigenvalue weighted by Gasteiger charge is 2.22. The van der Waals surface area contributed by atoms with Crippen LogP contribution in [0.3, 0.4) is 0 Å². The summed E-state index contributed by atoms with van der Waals surface area (Å²) in [5, 5.41) is 5.07. The molecule has 1 aromatic carbocycles. The van der Waals surface area contributed by atoms with Gasteiger partial charge in [-0.1, -0.05) is 18.2 Å². The molecule has 0 spiro atoms. The normalized spacial score (nSPS) is 22.8. The summed E-state index contributed by atoms with van der Waals surface area (Å²) in [6.45, 7) is 3.09. The first-order valence-corrected chi connectivity index (χ1v) is 7.40. The van der Waals surface area contributed by atoms with E-state index in [9.17, 15) is 0 Å². The van der Waals surface area contributed by atoms with Gasteiger partial charge in [0.2, 0.25) is 0 Å². The van der Waals surface area contributed by atoms with Crippen LogP contribution < -0.4 is 5.32 Å². The molecule has 2 atom stereocenters. The van der Waals surface area contributed by atoms with E-state index in [2.05, 4.69) is 36.5 Å². The molecule has 0 bridgehead atoms. The molecule has 1 aliphatic rings. The molecule has 1 saturated carbocycles. The summed E-state index contributed by atoms with van der Waals surface area (Å²) in [5.74, 6) is 1.70. The quantitative estimate of drug-likeness (QED) is 0.841. The average Bonchev–Trinajstić information content (AvgIpc) is 2.82. The molecule has 2 aromatic rings. The fourth-order valence-electron chi connectivity index (χ4n) is 2.84. The van der Waals surface area contributed by atoms with Gasteiger partial charge < -0.3 is 5.32 Å². The van der Waals surface area contributed by atoms with Crippen LogP contribution in [-0.2, 0) is 0 Å². The fourth-order valence-corrected chi connectivity index (χ4v) is 3.22. The highest BCUT2D eigenvalue weighted by molar-refractivity contribution is 6.20. The lowest BCUT2D eigenvalue weighted by Gasteiger charge is -2.14. The summed E-state index contributed by atoms with van der Waals surface area (Å²) in [7, 11) is 0. The Bertz CT molecular complexity index is 582. The summed E-state index contributed by atoms with van der Waals surface area (Å²) >= 11 is 6.15. The van der Waals surface area contributed by atoms with E-state index in [-0.39, 0.29) is 0 Å². The third-order valence-electron chi connectivity index (χ3n) is 3.95. The topological polar surface area (TPSA) is 24.9 Å². The zero-order valence-corrected chi connectivity index (χ0v) is 12.0. The molecule has 19 heavy (non-hydrogen) atoms. The van der Waals surface area contributed by atoms with Gasteiger partial charge >= 0.3 is 0 Å². The monoisotopic (exact) mass is 274 g/mol. The molecule has 2 unspecified atom stereocenters. The van der Waals surface area contributed by atoms with E-state index in [1.54, 1.807) is 0 Å². The van der Waals surface area contributed by atoms with E-state index >= 15 is 0 Å². The molecule has 0 amide bonds. The predicted octanol–water partition coefficient (Wildman–Crippen LogP) is 4.36. The second kappa shape index (κ2) is 5.38. The minimum atomic E-state index is 0.373. The van der Waals surface area contributed by atoms with Gasteiger partial charge in [0.1, 0.15) is 5.82 Å². The Balaban J connectivity index is 1.75. The Morgan fingerprint density at radius 3 is 2.95 bits per heavy atom. The van der Waals surface area contributed by atoms with E-state index in [1.165, 1.54) is 17.4 Å². The number of aromatic nitrogens is 1. The molecule has 100 valence electrons. The van der Waals surface area contributed by atoms with Gasteiger partial charge in [-0.15, -0.1) is 11.6 Å². The van der Waals surface area contributed by atoms with Gasteiger partial charge in [-0.25, -0.2) is 4.98 Å². The van der Waals surface area contributed by atoms with Crippen molar-refractivity contribution in [2.75, 3.05) is 11.9 Å². The molecule has 3 rings (SSSR count). The van der Waals surface area contributed by atoms with Crippen molar-refractivity contribution in [3.63, 3.8) is 0 Å². The maximum atomic E-state index is 6.15. The number of benzene rings is 1. The maximum absolute atomic E-state index is 6.15. The largest absolute Gasteiger partial charge is 0.370 e. The van der Waals surface area contributed by atoms with Crippen LogP contribution in [0.2, 0.25) is 0 Å². The highest BCUT2D eigenvalue weighted by atomic mass is 35.5. The van der Waals surface area contributed by atoms with Gasteiger partial charge in [0.15, 0.2) is 0 Å². The van der Waals surface area contributed by atoms with Crippen LogP contribution in [0.25, 0.3) is 10.9 Å². The molecule has 1 aliphatic carbocycles. The fraction of sp³-hybridized carbons (Fsp3) is 0.438. The van der Waals surface area contributed by atoms with Gasteiger partial charge in [-0.3, -0.25) is 0 Å². The Morgan fingerprint density at radius 2 is 2.16 bits per heavy atom. The Hall–Kier alpha value is -1.28. The molecular formula is C16H19ClN2. The standard InChI is InChI=1S/C16H19ClN2/c1-11-8-13-4-2-3-5-15(13)19-16(11)18-10-12-6-7-14(17)9-12/h2-5,8,12,14H,6-7,9-10H2,1H3,(H,18,19). The van der Waals surface area contributed by atoms with Gasteiger partial charge in [0.05, 0.1) is 5.52 Å². The van der Waals surface area contributed by atoms with Gasteiger partial charge in [-0.2, -0.15) is 0 Å². The number of hydrogen-bond acceptors (Lipinski definition) is 2. The van der Waals surface area contributed by atoms with Crippen molar-refractivity contribution < 1.29 is 0 Å². The molecule has 1 aromatic heterocycles. The maximum Gasteiger partial charge on any atom is 0.129 e. The molecule has 1 fully saturated rings. The van der Waals surface area contributed by atoms with Crippen molar-refractivity contribution >= 4 is 28.3 Å². The lowest BCUT2D eigenvalue weighted by molar-refractivity contribution is 0.579. The third kappa shape index (κ3) is 2.84. The van der Waals surface area contributed by atoms with Crippen LogP contribution in [0.5, 0.6) is 0 Å². The van der Waals surface area contributed by atoms with Crippen molar-refractivity contribution in [2.24, 2.45) is 5.92 Å². The van der Waals surface area contributed by atoms with Crippen LogP contribution in [0.4, 0.5) is 5.82 Å². The van der Waals surface area contributed by atoms with E-state index in [0.717, 1.165) is 30.7 Å². The second-order valence-corrected chi connectivity index (χ2v) is 6.12. The number of anilines is 1. The Labute approximate surface area is 119 Å². The van der Waals surface area contributed by atoms with Crippen molar-refractivity contribution in [2.45, 2.75) is 31.6 Å². The number of hydrogen-bond donors (Lipinski definition) is 1. The van der Waals surface area contributed by atoms with E-state index in [1.807, 2.05) is 6.07 Å². The van der Waals surface area contributed by atoms with Crippen molar-refractivity contribution in [1.82, 2.24) is 4.98 Å². The molecule has 1 heterocycles. The average molecular weight is 275 g/mol. The van der Waals surface area contributed by atoms with Crippen LogP contribution >= 0.6 is 11.6 Å². The van der Waals surface area contributed by atoms with Gasteiger partial charge in [0, 0.05) is 17.3 Å². The number of alkyl halides is 1. The second-order valence-electron chi connectivity index (χ2n) is 5.50. The summed E-state index contributed by atoms with van der Waals surface area (Å²) in [5.41, 5.74) is 2.26. The number of nitrogens with zero attached hydrogens (tertiary/aromatic N) is 1. The zero-order valence-electron chi connectivity index (χ0n) is 11.2. The Morgan fingerprint density at radius 1 is 1.32 bits per heavy atom. The smallest absolute Gasteiger partial charge is 0.129 e.